The van der Waals surface area contributed by atoms with Crippen molar-refractivity contribution < 1.29 is 9.66 Å². The Morgan fingerprint density at radius 2 is 2.35 bits per heavy atom. The fraction of sp³-hybridized carbons (Fsp3) is 0.769. The second kappa shape index (κ2) is 6.21. The molecule has 2 heterocycles. The van der Waals surface area contributed by atoms with Crippen LogP contribution >= 0.6 is 0 Å². The molecule has 0 radical (unpaired) electrons. The van der Waals surface area contributed by atoms with Crippen LogP contribution in [0.3, 0.4) is 0 Å². The summed E-state index contributed by atoms with van der Waals surface area (Å²) in [5.74, 6) is 0.886. The van der Waals surface area contributed by atoms with E-state index in [2.05, 4.69) is 10.4 Å². The van der Waals surface area contributed by atoms with Crippen LogP contribution in [0.1, 0.15) is 32.4 Å². The van der Waals surface area contributed by atoms with Crippen molar-refractivity contribution in [2.24, 2.45) is 13.0 Å². The van der Waals surface area contributed by atoms with Crippen LogP contribution in [0.15, 0.2) is 0 Å². The summed E-state index contributed by atoms with van der Waals surface area (Å²) < 4.78 is 7.08. The van der Waals surface area contributed by atoms with Gasteiger partial charge in [-0.2, -0.15) is 5.10 Å². The smallest absolute Gasteiger partial charge is 0.333 e. The highest BCUT2D eigenvalue weighted by molar-refractivity contribution is 5.59. The molecule has 0 bridgehead atoms. The molecule has 1 aromatic rings. The quantitative estimate of drug-likeness (QED) is 0.638. The second-order valence-electron chi connectivity index (χ2n) is 5.28. The first-order chi connectivity index (χ1) is 9.54. The molecule has 1 N–H and O–H groups in total. The molecule has 1 aliphatic rings. The highest BCUT2D eigenvalue weighted by atomic mass is 16.6. The molecular formula is C13H22N4O3. The summed E-state index contributed by atoms with van der Waals surface area (Å²) in [5.41, 5.74) is 0.666. The minimum absolute atomic E-state index is 0.112. The molecule has 7 heteroatoms. The van der Waals surface area contributed by atoms with E-state index >= 15 is 0 Å². The molecule has 1 fully saturated rings. The van der Waals surface area contributed by atoms with Crippen molar-refractivity contribution >= 4 is 11.5 Å². The fourth-order valence-electron chi connectivity index (χ4n) is 2.64. The Labute approximate surface area is 118 Å². The van der Waals surface area contributed by atoms with Crippen molar-refractivity contribution in [2.75, 3.05) is 18.5 Å². The van der Waals surface area contributed by atoms with Gasteiger partial charge in [-0.1, -0.05) is 13.3 Å². The lowest BCUT2D eigenvalue weighted by Gasteiger charge is -2.15. The average Bonchev–Trinajstić information content (AvgIpc) is 2.91. The van der Waals surface area contributed by atoms with Gasteiger partial charge in [0.05, 0.1) is 11.0 Å². The van der Waals surface area contributed by atoms with Crippen LogP contribution in [0.5, 0.6) is 0 Å². The van der Waals surface area contributed by atoms with Crippen molar-refractivity contribution in [3.8, 4) is 0 Å². The molecule has 1 aliphatic heterocycles. The van der Waals surface area contributed by atoms with Gasteiger partial charge in [-0.05, 0) is 19.8 Å². The third-order valence-electron chi connectivity index (χ3n) is 3.83. The predicted octanol–water partition coefficient (Wildman–Crippen LogP) is 2.12. The molecule has 0 amide bonds. The largest absolute Gasteiger partial charge is 0.378 e. The maximum Gasteiger partial charge on any atom is 0.333 e. The zero-order valence-corrected chi connectivity index (χ0v) is 12.3. The van der Waals surface area contributed by atoms with Crippen molar-refractivity contribution in [3.63, 3.8) is 0 Å². The number of ether oxygens (including phenoxy) is 1. The molecular weight excluding hydrogens is 260 g/mol. The number of aryl methyl sites for hydroxylation is 2. The fourth-order valence-corrected chi connectivity index (χ4v) is 2.64. The van der Waals surface area contributed by atoms with Crippen molar-refractivity contribution in [1.82, 2.24) is 9.78 Å². The van der Waals surface area contributed by atoms with Crippen LogP contribution in [0.2, 0.25) is 0 Å². The third kappa shape index (κ3) is 2.92. The van der Waals surface area contributed by atoms with Gasteiger partial charge < -0.3 is 10.1 Å². The number of anilines is 1. The Morgan fingerprint density at radius 1 is 1.60 bits per heavy atom. The highest BCUT2D eigenvalue weighted by Crippen LogP contribution is 2.30. The van der Waals surface area contributed by atoms with Gasteiger partial charge in [0.15, 0.2) is 0 Å². The standard InChI is InChI=1S/C13H22N4O3/c1-4-5-11-12(17(18)19)13(16(3)15-11)14-8-10-6-7-20-9(10)2/h9-10,14H,4-8H2,1-3H3. The Morgan fingerprint density at radius 3 is 2.90 bits per heavy atom. The van der Waals surface area contributed by atoms with Crippen LogP contribution in [0.25, 0.3) is 0 Å². The first-order valence-electron chi connectivity index (χ1n) is 7.10. The number of hydrogen-bond donors (Lipinski definition) is 1. The van der Waals surface area contributed by atoms with Gasteiger partial charge in [0.1, 0.15) is 5.69 Å². The van der Waals surface area contributed by atoms with Gasteiger partial charge in [0.2, 0.25) is 5.82 Å². The van der Waals surface area contributed by atoms with E-state index in [0.29, 0.717) is 30.4 Å². The number of aromatic nitrogens is 2. The molecule has 0 spiro atoms. The molecule has 2 atom stereocenters. The molecule has 2 unspecified atom stereocenters. The number of rotatable bonds is 6. The topological polar surface area (TPSA) is 82.2 Å². The van der Waals surface area contributed by atoms with Crippen LogP contribution in [-0.4, -0.2) is 34.0 Å². The van der Waals surface area contributed by atoms with Gasteiger partial charge in [0.25, 0.3) is 0 Å². The highest BCUT2D eigenvalue weighted by Gasteiger charge is 2.29. The van der Waals surface area contributed by atoms with Gasteiger partial charge in [-0.15, -0.1) is 0 Å². The first kappa shape index (κ1) is 14.8. The summed E-state index contributed by atoms with van der Waals surface area (Å²) in [5, 5.41) is 18.7. The van der Waals surface area contributed by atoms with E-state index in [4.69, 9.17) is 4.74 Å². The maximum atomic E-state index is 11.3. The average molecular weight is 282 g/mol. The Bertz CT molecular complexity index is 486. The molecule has 112 valence electrons. The molecule has 0 aliphatic carbocycles. The van der Waals surface area contributed by atoms with E-state index in [1.807, 2.05) is 13.8 Å². The van der Waals surface area contributed by atoms with Crippen LogP contribution in [0.4, 0.5) is 11.5 Å². The molecule has 2 rings (SSSR count). The summed E-state index contributed by atoms with van der Waals surface area (Å²) in [6.07, 6.45) is 2.64. The SMILES string of the molecule is CCCc1nn(C)c(NCC2CCOC2C)c1[N+](=O)[O-]. The summed E-state index contributed by atoms with van der Waals surface area (Å²) >= 11 is 0. The maximum absolute atomic E-state index is 11.3. The van der Waals surface area contributed by atoms with Crippen molar-refractivity contribution in [3.05, 3.63) is 15.8 Å². The van der Waals surface area contributed by atoms with E-state index in [-0.39, 0.29) is 16.7 Å². The summed E-state index contributed by atoms with van der Waals surface area (Å²) in [6, 6.07) is 0. The van der Waals surface area contributed by atoms with Crippen molar-refractivity contribution in [2.45, 2.75) is 39.2 Å². The van der Waals surface area contributed by atoms with E-state index in [1.54, 1.807) is 11.7 Å². The van der Waals surface area contributed by atoms with Crippen molar-refractivity contribution in [1.29, 1.82) is 0 Å². The van der Waals surface area contributed by atoms with Gasteiger partial charge in [0, 0.05) is 26.1 Å². The molecule has 20 heavy (non-hydrogen) atoms. The predicted molar refractivity (Wildman–Crippen MR) is 75.9 cm³/mol. The Balaban J connectivity index is 2.15. The number of hydrogen-bond acceptors (Lipinski definition) is 5. The zero-order chi connectivity index (χ0) is 14.7. The van der Waals surface area contributed by atoms with Gasteiger partial charge >= 0.3 is 5.69 Å². The Hall–Kier alpha value is -1.63. The number of nitro groups is 1. The zero-order valence-electron chi connectivity index (χ0n) is 12.3. The minimum atomic E-state index is -0.338. The second-order valence-corrected chi connectivity index (χ2v) is 5.28. The minimum Gasteiger partial charge on any atom is -0.378 e. The molecule has 0 saturated carbocycles. The number of nitrogens with one attached hydrogen (secondary N) is 1. The lowest BCUT2D eigenvalue weighted by atomic mass is 10.0. The molecule has 1 saturated heterocycles. The van der Waals surface area contributed by atoms with E-state index in [9.17, 15) is 10.1 Å². The normalized spacial score (nSPS) is 22.1. The van der Waals surface area contributed by atoms with E-state index < -0.39 is 0 Å². The lowest BCUT2D eigenvalue weighted by Crippen LogP contribution is -2.22. The van der Waals surface area contributed by atoms with Crippen LogP contribution in [-0.2, 0) is 18.2 Å². The van der Waals surface area contributed by atoms with E-state index in [0.717, 1.165) is 19.4 Å². The summed E-state index contributed by atoms with van der Waals surface area (Å²) in [4.78, 5) is 10.9. The van der Waals surface area contributed by atoms with Gasteiger partial charge in [-0.25, -0.2) is 4.68 Å². The molecule has 7 nitrogen and oxygen atoms in total. The Kier molecular flexibility index (Phi) is 4.59. The summed E-state index contributed by atoms with van der Waals surface area (Å²) in [7, 11) is 1.74. The summed E-state index contributed by atoms with van der Waals surface area (Å²) in [6.45, 7) is 5.47. The van der Waals surface area contributed by atoms with Gasteiger partial charge in [-0.3, -0.25) is 10.1 Å². The molecule has 1 aromatic heterocycles. The molecule has 0 aromatic carbocycles. The number of nitrogens with zero attached hydrogens (tertiary/aromatic N) is 3. The lowest BCUT2D eigenvalue weighted by molar-refractivity contribution is -0.384. The van der Waals surface area contributed by atoms with E-state index in [1.165, 1.54) is 0 Å². The van der Waals surface area contributed by atoms with Crippen LogP contribution < -0.4 is 5.32 Å². The monoisotopic (exact) mass is 282 g/mol. The van der Waals surface area contributed by atoms with Crippen LogP contribution in [0, 0.1) is 16.0 Å². The third-order valence-corrected chi connectivity index (χ3v) is 3.83. The first-order valence-corrected chi connectivity index (χ1v) is 7.10.